The van der Waals surface area contributed by atoms with Crippen LogP contribution in [0.5, 0.6) is 0 Å². The molecule has 0 bridgehead atoms. The van der Waals surface area contributed by atoms with Crippen LogP contribution < -0.4 is 10.6 Å². The first-order valence-corrected chi connectivity index (χ1v) is 6.50. The van der Waals surface area contributed by atoms with Crippen molar-refractivity contribution in [2.45, 2.75) is 38.8 Å². The molecule has 112 valence electrons. The number of hydrogen-bond donors (Lipinski definition) is 2. The average molecular weight is 402 g/mol. The maximum absolute atomic E-state index is 5.73. The van der Waals surface area contributed by atoms with Crippen LogP contribution in [0.4, 0.5) is 0 Å². The third-order valence-corrected chi connectivity index (χ3v) is 4.39. The molecule has 4 nitrogen and oxygen atoms in total. The molecule has 0 aromatic carbocycles. The smallest absolute Gasteiger partial charge is 0.191 e. The largest absolute Gasteiger partial charge is 0.378 e. The van der Waals surface area contributed by atoms with Crippen molar-refractivity contribution in [3.8, 4) is 0 Å². The molecule has 0 amide bonds. The maximum atomic E-state index is 5.73. The van der Waals surface area contributed by atoms with E-state index in [9.17, 15) is 0 Å². The number of methoxy groups -OCH3 is 1. The number of aliphatic imine (C=N–C) groups is 1. The topological polar surface area (TPSA) is 45.7 Å². The highest BCUT2D eigenvalue weighted by Gasteiger charge is 2.57. The van der Waals surface area contributed by atoms with Gasteiger partial charge < -0.3 is 15.4 Å². The predicted molar refractivity (Wildman–Crippen MR) is 92.5 cm³/mol. The van der Waals surface area contributed by atoms with Gasteiger partial charge in [0.15, 0.2) is 5.96 Å². The first kappa shape index (κ1) is 19.0. The van der Waals surface area contributed by atoms with Crippen LogP contribution in [0.2, 0.25) is 0 Å². The van der Waals surface area contributed by atoms with Crippen molar-refractivity contribution in [3.05, 3.63) is 11.6 Å². The van der Waals surface area contributed by atoms with Crippen molar-refractivity contribution in [1.29, 1.82) is 0 Å². The first-order chi connectivity index (χ1) is 8.26. The molecule has 1 aliphatic rings. The lowest BCUT2D eigenvalue weighted by Gasteiger charge is -2.59. The van der Waals surface area contributed by atoms with Crippen LogP contribution in [0.15, 0.2) is 16.6 Å². The van der Waals surface area contributed by atoms with Crippen molar-refractivity contribution in [2.24, 2.45) is 10.4 Å². The Morgan fingerprint density at radius 3 is 2.42 bits per heavy atom. The quantitative estimate of drug-likeness (QED) is 0.432. The fraction of sp³-hybridized carbons (Fsp3) is 0.769. The zero-order valence-electron chi connectivity index (χ0n) is 12.3. The summed E-state index contributed by atoms with van der Waals surface area (Å²) in [5.41, 5.74) is -0.0308. The maximum Gasteiger partial charge on any atom is 0.191 e. The van der Waals surface area contributed by atoms with Crippen LogP contribution in [0.25, 0.3) is 0 Å². The van der Waals surface area contributed by atoms with E-state index in [2.05, 4.69) is 43.0 Å². The van der Waals surface area contributed by atoms with Gasteiger partial charge in [0.25, 0.3) is 0 Å². The lowest BCUT2D eigenvalue weighted by atomic mass is 9.56. The summed E-state index contributed by atoms with van der Waals surface area (Å²) in [5, 5.41) is 7.08. The summed E-state index contributed by atoms with van der Waals surface area (Å²) in [6.07, 6.45) is 0.957. The van der Waals surface area contributed by atoms with Crippen molar-refractivity contribution in [1.82, 2.24) is 10.6 Å². The highest BCUT2D eigenvalue weighted by atomic mass is 127. The van der Waals surface area contributed by atoms with Crippen LogP contribution in [0.3, 0.4) is 0 Å². The van der Waals surface area contributed by atoms with Crippen molar-refractivity contribution < 1.29 is 4.74 Å². The molecule has 0 aromatic heterocycles. The Balaban J connectivity index is 0.00000324. The van der Waals surface area contributed by atoms with Crippen LogP contribution in [-0.4, -0.2) is 38.3 Å². The monoisotopic (exact) mass is 401 g/mol. The minimum absolute atomic E-state index is 0. The van der Waals surface area contributed by atoms with Gasteiger partial charge in [-0.1, -0.05) is 32.0 Å². The van der Waals surface area contributed by atoms with Gasteiger partial charge in [-0.15, -0.1) is 24.0 Å². The van der Waals surface area contributed by atoms with Crippen molar-refractivity contribution >= 4 is 41.5 Å². The van der Waals surface area contributed by atoms with Crippen LogP contribution in [0, 0.1) is 5.41 Å². The number of hydrogen-bond acceptors (Lipinski definition) is 2. The zero-order chi connectivity index (χ0) is 14.0. The van der Waals surface area contributed by atoms with E-state index in [1.165, 1.54) is 0 Å². The van der Waals surface area contributed by atoms with Gasteiger partial charge in [0.05, 0.1) is 12.1 Å². The van der Waals surface area contributed by atoms with E-state index < -0.39 is 0 Å². The molecule has 0 spiro atoms. The summed E-state index contributed by atoms with van der Waals surface area (Å²) in [4.78, 5) is 4.17. The van der Waals surface area contributed by atoms with E-state index in [1.807, 2.05) is 0 Å². The van der Waals surface area contributed by atoms with Gasteiger partial charge in [0.1, 0.15) is 0 Å². The molecule has 2 N–H and O–H groups in total. The Kier molecular flexibility index (Phi) is 7.12. The minimum Gasteiger partial charge on any atom is -0.378 e. The van der Waals surface area contributed by atoms with Gasteiger partial charge in [-0.05, 0) is 13.3 Å². The summed E-state index contributed by atoms with van der Waals surface area (Å²) in [6, 6.07) is 0.331. The molecule has 2 atom stereocenters. The molecule has 0 aliphatic heterocycles. The summed E-state index contributed by atoms with van der Waals surface area (Å²) in [5.74, 6) is 0.744. The molecule has 1 aliphatic carbocycles. The van der Waals surface area contributed by atoms with Gasteiger partial charge in [-0.3, -0.25) is 4.99 Å². The Bertz CT molecular complexity index is 360. The number of nitrogens with one attached hydrogen (secondary N) is 2. The third-order valence-electron chi connectivity index (χ3n) is 4.26. The number of guanidine groups is 1. The molecule has 1 rings (SSSR count). The van der Waals surface area contributed by atoms with Gasteiger partial charge in [0, 0.05) is 30.6 Å². The molecule has 6 heteroatoms. The average Bonchev–Trinajstić information content (AvgIpc) is 2.32. The lowest BCUT2D eigenvalue weighted by molar-refractivity contribution is -0.176. The van der Waals surface area contributed by atoms with Gasteiger partial charge >= 0.3 is 0 Å². The first-order valence-electron chi connectivity index (χ1n) is 6.12. The Morgan fingerprint density at radius 2 is 2.05 bits per heavy atom. The molecule has 0 radical (unpaired) electrons. The fourth-order valence-corrected chi connectivity index (χ4v) is 2.33. The fourth-order valence-electron chi connectivity index (χ4n) is 2.26. The standard InChI is InChI=1S/C13H24ClN3O.HI/c1-9(14)8-16-11(15-5)17-10-7-13(4,18-6)12(10,2)3;/h10H,1,7-8H2,2-6H3,(H2,15,16,17);1H. The molecular weight excluding hydrogens is 377 g/mol. The number of nitrogens with zero attached hydrogens (tertiary/aromatic N) is 1. The second-order valence-electron chi connectivity index (χ2n) is 5.50. The zero-order valence-corrected chi connectivity index (χ0v) is 15.4. The molecule has 2 unspecified atom stereocenters. The van der Waals surface area contributed by atoms with E-state index >= 15 is 0 Å². The Hall–Kier alpha value is -0.0100. The summed E-state index contributed by atoms with van der Waals surface area (Å²) in [7, 11) is 3.51. The van der Waals surface area contributed by atoms with Crippen LogP contribution >= 0.6 is 35.6 Å². The second kappa shape index (κ2) is 7.13. The van der Waals surface area contributed by atoms with Crippen LogP contribution in [0.1, 0.15) is 27.2 Å². The molecule has 0 heterocycles. The highest BCUT2D eigenvalue weighted by Crippen LogP contribution is 2.51. The molecular formula is C13H25ClIN3O. The Morgan fingerprint density at radius 1 is 1.47 bits per heavy atom. The normalized spacial score (nSPS) is 28.9. The molecule has 1 saturated carbocycles. The lowest BCUT2D eigenvalue weighted by Crippen LogP contribution is -2.69. The van der Waals surface area contributed by atoms with Crippen molar-refractivity contribution in [3.63, 3.8) is 0 Å². The highest BCUT2D eigenvalue weighted by molar-refractivity contribution is 14.0. The summed E-state index contributed by atoms with van der Waals surface area (Å²) < 4.78 is 5.60. The van der Waals surface area contributed by atoms with E-state index in [4.69, 9.17) is 16.3 Å². The van der Waals surface area contributed by atoms with Gasteiger partial charge in [0.2, 0.25) is 0 Å². The SMILES string of the molecule is C=C(Cl)CNC(=NC)NC1CC(C)(OC)C1(C)C.I. The van der Waals surface area contributed by atoms with Gasteiger partial charge in [-0.2, -0.15) is 0 Å². The minimum atomic E-state index is -0.0837. The molecule has 1 fully saturated rings. The Labute approximate surface area is 138 Å². The van der Waals surface area contributed by atoms with Gasteiger partial charge in [-0.25, -0.2) is 0 Å². The third kappa shape index (κ3) is 3.98. The predicted octanol–water partition coefficient (Wildman–Crippen LogP) is 2.73. The summed E-state index contributed by atoms with van der Waals surface area (Å²) >= 11 is 5.73. The van der Waals surface area contributed by atoms with E-state index in [0.29, 0.717) is 17.6 Å². The van der Waals surface area contributed by atoms with E-state index in [0.717, 1.165) is 12.4 Å². The molecule has 19 heavy (non-hydrogen) atoms. The van der Waals surface area contributed by atoms with E-state index in [-0.39, 0.29) is 35.0 Å². The second-order valence-corrected chi connectivity index (χ2v) is 6.04. The summed E-state index contributed by atoms with van der Waals surface area (Å²) in [6.45, 7) is 10.7. The van der Waals surface area contributed by atoms with Crippen molar-refractivity contribution in [2.75, 3.05) is 20.7 Å². The van der Waals surface area contributed by atoms with Crippen LogP contribution in [-0.2, 0) is 4.74 Å². The number of rotatable bonds is 4. The number of halogens is 2. The van der Waals surface area contributed by atoms with E-state index in [1.54, 1.807) is 14.2 Å². The molecule has 0 saturated heterocycles. The molecule has 0 aromatic rings. The number of ether oxygens (including phenoxy) is 1.